The molecule has 0 unspecified atom stereocenters. The van der Waals surface area contributed by atoms with Gasteiger partial charge < -0.3 is 14.8 Å². The second-order valence-corrected chi connectivity index (χ2v) is 6.25. The largest absolute Gasteiger partial charge is 0.505 e. The molecule has 4 rings (SSSR count). The molecule has 7 nitrogen and oxygen atoms in total. The van der Waals surface area contributed by atoms with Gasteiger partial charge in [-0.3, -0.25) is 9.78 Å². The number of aromatic carboxylic acids is 1. The van der Waals surface area contributed by atoms with Gasteiger partial charge in [0.25, 0.3) is 5.56 Å². The predicted molar refractivity (Wildman–Crippen MR) is 104 cm³/mol. The second-order valence-electron chi connectivity index (χ2n) is 6.25. The molecule has 28 heavy (non-hydrogen) atoms. The highest BCUT2D eigenvalue weighted by Crippen LogP contribution is 2.35. The van der Waals surface area contributed by atoms with Gasteiger partial charge in [-0.05, 0) is 23.8 Å². The van der Waals surface area contributed by atoms with Crippen LogP contribution in [0.4, 0.5) is 0 Å². The number of nitrogens with zero attached hydrogens (tertiary/aromatic N) is 3. The normalized spacial score (nSPS) is 10.9. The van der Waals surface area contributed by atoms with Crippen molar-refractivity contribution in [3.05, 3.63) is 77.0 Å². The highest BCUT2D eigenvalue weighted by atomic mass is 16.4. The zero-order valence-electron chi connectivity index (χ0n) is 14.8. The number of hydrogen-bond donors (Lipinski definition) is 2. The molecule has 0 saturated carbocycles. The number of aryl methyl sites for hydroxylation is 1. The van der Waals surface area contributed by atoms with Gasteiger partial charge in [0, 0.05) is 36.0 Å². The van der Waals surface area contributed by atoms with Gasteiger partial charge in [-0.2, -0.15) is 0 Å². The summed E-state index contributed by atoms with van der Waals surface area (Å²) in [6, 6.07) is 13.9. The van der Waals surface area contributed by atoms with Crippen molar-refractivity contribution in [3.8, 4) is 28.1 Å². The molecule has 0 radical (unpaired) electrons. The molecule has 7 heteroatoms. The molecule has 2 N–H and O–H groups in total. The zero-order valence-corrected chi connectivity index (χ0v) is 14.8. The van der Waals surface area contributed by atoms with Crippen molar-refractivity contribution in [2.45, 2.75) is 0 Å². The molecule has 0 aliphatic rings. The van der Waals surface area contributed by atoms with Crippen molar-refractivity contribution in [1.82, 2.24) is 14.5 Å². The minimum atomic E-state index is -1.36. The monoisotopic (exact) mass is 373 g/mol. The van der Waals surface area contributed by atoms with E-state index in [2.05, 4.69) is 9.97 Å². The van der Waals surface area contributed by atoms with Gasteiger partial charge in [0.15, 0.2) is 11.4 Å². The van der Waals surface area contributed by atoms with E-state index in [1.807, 2.05) is 6.07 Å². The number of carboxylic acids is 1. The molecule has 0 bridgehead atoms. The van der Waals surface area contributed by atoms with Gasteiger partial charge in [0.1, 0.15) is 0 Å². The molecule has 4 aromatic rings. The molecule has 0 atom stereocenters. The lowest BCUT2D eigenvalue weighted by Crippen LogP contribution is -2.20. The molecule has 3 heterocycles. The number of rotatable bonds is 3. The third kappa shape index (κ3) is 2.69. The van der Waals surface area contributed by atoms with Gasteiger partial charge in [-0.25, -0.2) is 9.78 Å². The van der Waals surface area contributed by atoms with Crippen LogP contribution in [0.1, 0.15) is 10.5 Å². The summed E-state index contributed by atoms with van der Waals surface area (Å²) in [5, 5.41) is 20.3. The molecule has 0 saturated heterocycles. The van der Waals surface area contributed by atoms with Crippen LogP contribution in [-0.2, 0) is 7.05 Å². The first kappa shape index (κ1) is 17.4. The summed E-state index contributed by atoms with van der Waals surface area (Å²) in [4.78, 5) is 32.8. The Morgan fingerprint density at radius 2 is 1.79 bits per heavy atom. The van der Waals surface area contributed by atoms with E-state index in [1.54, 1.807) is 49.6 Å². The Hall–Kier alpha value is -4.00. The Bertz CT molecular complexity index is 1270. The Kier molecular flexibility index (Phi) is 4.12. The van der Waals surface area contributed by atoms with Crippen LogP contribution in [0.3, 0.4) is 0 Å². The van der Waals surface area contributed by atoms with Crippen LogP contribution in [0, 0.1) is 0 Å². The molecule has 0 aliphatic heterocycles. The third-order valence-corrected chi connectivity index (χ3v) is 4.56. The summed E-state index contributed by atoms with van der Waals surface area (Å²) in [5.41, 5.74) is 1.39. The Labute approximate surface area is 159 Å². The van der Waals surface area contributed by atoms with Crippen LogP contribution in [0.5, 0.6) is 5.75 Å². The lowest BCUT2D eigenvalue weighted by Gasteiger charge is -2.15. The average molecular weight is 373 g/mol. The molecular formula is C21H15N3O4. The van der Waals surface area contributed by atoms with Gasteiger partial charge >= 0.3 is 5.97 Å². The molecule has 0 fully saturated rings. The molecule has 0 amide bonds. The summed E-state index contributed by atoms with van der Waals surface area (Å²) >= 11 is 0. The van der Waals surface area contributed by atoms with Gasteiger partial charge in [-0.15, -0.1) is 0 Å². The van der Waals surface area contributed by atoms with E-state index in [-0.39, 0.29) is 16.6 Å². The minimum Gasteiger partial charge on any atom is -0.505 e. The summed E-state index contributed by atoms with van der Waals surface area (Å²) in [6.07, 6.45) is 3.11. The van der Waals surface area contributed by atoms with Crippen molar-refractivity contribution in [1.29, 1.82) is 0 Å². The van der Waals surface area contributed by atoms with Crippen molar-refractivity contribution in [2.75, 3.05) is 0 Å². The highest BCUT2D eigenvalue weighted by molar-refractivity contribution is 6.03. The Morgan fingerprint density at radius 3 is 2.43 bits per heavy atom. The van der Waals surface area contributed by atoms with Crippen LogP contribution < -0.4 is 5.56 Å². The Morgan fingerprint density at radius 1 is 1.07 bits per heavy atom. The summed E-state index contributed by atoms with van der Waals surface area (Å²) < 4.78 is 1.37. The molecule has 0 aliphatic carbocycles. The molecule has 138 valence electrons. The topological polar surface area (TPSA) is 105 Å². The number of hydrogen-bond acceptors (Lipinski definition) is 5. The highest BCUT2D eigenvalue weighted by Gasteiger charge is 2.23. The maximum absolute atomic E-state index is 13.0. The molecule has 3 aromatic heterocycles. The first-order chi connectivity index (χ1) is 13.5. The van der Waals surface area contributed by atoms with Gasteiger partial charge in [-0.1, -0.05) is 30.3 Å². The van der Waals surface area contributed by atoms with Crippen molar-refractivity contribution < 1.29 is 15.0 Å². The number of aromatic hydroxyl groups is 1. The van der Waals surface area contributed by atoms with Crippen LogP contribution >= 0.6 is 0 Å². The zero-order chi connectivity index (χ0) is 19.8. The quantitative estimate of drug-likeness (QED) is 0.572. The van der Waals surface area contributed by atoms with Crippen molar-refractivity contribution >= 4 is 16.9 Å². The van der Waals surface area contributed by atoms with Crippen LogP contribution in [0.2, 0.25) is 0 Å². The lowest BCUT2D eigenvalue weighted by atomic mass is 10.0. The fourth-order valence-corrected chi connectivity index (χ4v) is 3.23. The van der Waals surface area contributed by atoms with Crippen LogP contribution in [0.15, 0.2) is 65.7 Å². The number of carboxylic acid groups (broad SMARTS) is 1. The van der Waals surface area contributed by atoms with E-state index in [0.29, 0.717) is 22.2 Å². The van der Waals surface area contributed by atoms with E-state index in [0.717, 1.165) is 0 Å². The fourth-order valence-electron chi connectivity index (χ4n) is 3.23. The maximum atomic E-state index is 13.0. The minimum absolute atomic E-state index is 0.229. The van der Waals surface area contributed by atoms with Crippen LogP contribution in [0.25, 0.3) is 33.3 Å². The maximum Gasteiger partial charge on any atom is 0.358 e. The number of pyridine rings is 3. The molecular weight excluding hydrogens is 358 g/mol. The summed E-state index contributed by atoms with van der Waals surface area (Å²) in [7, 11) is 1.57. The smallest absolute Gasteiger partial charge is 0.358 e. The van der Waals surface area contributed by atoms with Gasteiger partial charge in [0.05, 0.1) is 11.2 Å². The standard InChI is InChI=1S/C21H15N3O4/c1-24-18-15(10-14(20(24)26)12-6-3-2-4-7-12)19(25)17(21(27)28)23-16(18)13-8-5-9-22-11-13/h2-11,25H,1H3,(H,27,28). The van der Waals surface area contributed by atoms with E-state index < -0.39 is 17.4 Å². The van der Waals surface area contributed by atoms with Crippen molar-refractivity contribution in [2.24, 2.45) is 7.05 Å². The number of benzene rings is 1. The number of carbonyl (C=O) groups is 1. The first-order valence-corrected chi connectivity index (χ1v) is 8.45. The Balaban J connectivity index is 2.18. The van der Waals surface area contributed by atoms with Gasteiger partial charge in [0.2, 0.25) is 0 Å². The molecule has 1 aromatic carbocycles. The number of fused-ring (bicyclic) bond motifs is 1. The number of aromatic nitrogens is 3. The first-order valence-electron chi connectivity index (χ1n) is 8.45. The van der Waals surface area contributed by atoms with E-state index in [4.69, 9.17) is 0 Å². The van der Waals surface area contributed by atoms with E-state index in [9.17, 15) is 19.8 Å². The van der Waals surface area contributed by atoms with E-state index in [1.165, 1.54) is 16.8 Å². The summed E-state index contributed by atoms with van der Waals surface area (Å²) in [5.74, 6) is -1.84. The molecule has 0 spiro atoms. The predicted octanol–water partition coefficient (Wildman–Crippen LogP) is 3.07. The SMILES string of the molecule is Cn1c(=O)c(-c2ccccc2)cc2c(O)c(C(=O)O)nc(-c3cccnc3)c21. The van der Waals surface area contributed by atoms with Crippen LogP contribution in [-0.4, -0.2) is 30.7 Å². The average Bonchev–Trinajstić information content (AvgIpc) is 2.72. The lowest BCUT2D eigenvalue weighted by molar-refractivity contribution is 0.0687. The van der Waals surface area contributed by atoms with Crippen molar-refractivity contribution in [3.63, 3.8) is 0 Å². The third-order valence-electron chi connectivity index (χ3n) is 4.56. The summed E-state index contributed by atoms with van der Waals surface area (Å²) in [6.45, 7) is 0. The van der Waals surface area contributed by atoms with E-state index >= 15 is 0 Å². The second kappa shape index (κ2) is 6.62. The fraction of sp³-hybridized carbons (Fsp3) is 0.0476.